The van der Waals surface area contributed by atoms with Gasteiger partial charge < -0.3 is 9.73 Å². The number of rotatable bonds is 5. The second-order valence-electron chi connectivity index (χ2n) is 5.31. The third-order valence-electron chi connectivity index (χ3n) is 3.46. The van der Waals surface area contributed by atoms with Crippen molar-refractivity contribution in [3.8, 4) is 11.3 Å². The highest BCUT2D eigenvalue weighted by Crippen LogP contribution is 2.24. The van der Waals surface area contributed by atoms with Gasteiger partial charge in [-0.3, -0.25) is 0 Å². The van der Waals surface area contributed by atoms with Gasteiger partial charge in [-0.2, -0.15) is 0 Å². The standard InChI is InChI=1S/C17H15FN2O3S/c1-24(21,22)14-4-2-13(3-5-14)17-15(18)6-7-16(20-17)19-10-12-8-9-23-11-12/h2-9,11H,10H2,1H3,(H,19,20). The van der Waals surface area contributed by atoms with Gasteiger partial charge in [-0.15, -0.1) is 0 Å². The van der Waals surface area contributed by atoms with Crippen molar-refractivity contribution in [2.75, 3.05) is 11.6 Å². The number of hydrogen-bond donors (Lipinski definition) is 1. The minimum absolute atomic E-state index is 0.159. The number of nitrogens with zero attached hydrogens (tertiary/aromatic N) is 1. The Morgan fingerprint density at radius 3 is 2.50 bits per heavy atom. The monoisotopic (exact) mass is 346 g/mol. The Morgan fingerprint density at radius 2 is 1.88 bits per heavy atom. The third-order valence-corrected chi connectivity index (χ3v) is 4.58. The number of sulfone groups is 1. The van der Waals surface area contributed by atoms with E-state index in [1.54, 1.807) is 30.7 Å². The van der Waals surface area contributed by atoms with Crippen LogP contribution in [0.15, 0.2) is 64.3 Å². The quantitative estimate of drug-likeness (QED) is 0.765. The molecular weight excluding hydrogens is 331 g/mol. The molecule has 0 amide bonds. The number of halogens is 1. The molecule has 0 unspecified atom stereocenters. The molecule has 0 atom stereocenters. The van der Waals surface area contributed by atoms with Crippen LogP contribution in [0.3, 0.4) is 0 Å². The smallest absolute Gasteiger partial charge is 0.175 e. The first kappa shape index (κ1) is 16.2. The van der Waals surface area contributed by atoms with E-state index in [1.165, 1.54) is 18.2 Å². The Morgan fingerprint density at radius 1 is 1.12 bits per heavy atom. The predicted molar refractivity (Wildman–Crippen MR) is 88.8 cm³/mol. The van der Waals surface area contributed by atoms with E-state index in [9.17, 15) is 12.8 Å². The maximum absolute atomic E-state index is 14.1. The summed E-state index contributed by atoms with van der Waals surface area (Å²) < 4.78 is 42.0. The van der Waals surface area contributed by atoms with Gasteiger partial charge in [0.25, 0.3) is 0 Å². The number of pyridine rings is 1. The SMILES string of the molecule is CS(=O)(=O)c1ccc(-c2nc(NCc3ccoc3)ccc2F)cc1. The van der Waals surface area contributed by atoms with Crippen molar-refractivity contribution >= 4 is 15.7 Å². The van der Waals surface area contributed by atoms with Crippen molar-refractivity contribution in [2.24, 2.45) is 0 Å². The number of benzene rings is 1. The average molecular weight is 346 g/mol. The van der Waals surface area contributed by atoms with E-state index in [-0.39, 0.29) is 10.6 Å². The lowest BCUT2D eigenvalue weighted by Crippen LogP contribution is -2.02. The molecule has 0 radical (unpaired) electrons. The topological polar surface area (TPSA) is 72.2 Å². The van der Waals surface area contributed by atoms with Gasteiger partial charge in [0.1, 0.15) is 17.3 Å². The number of hydrogen-bond acceptors (Lipinski definition) is 5. The van der Waals surface area contributed by atoms with Gasteiger partial charge in [0.15, 0.2) is 9.84 Å². The van der Waals surface area contributed by atoms with Crippen molar-refractivity contribution in [2.45, 2.75) is 11.4 Å². The van der Waals surface area contributed by atoms with E-state index >= 15 is 0 Å². The first-order valence-electron chi connectivity index (χ1n) is 7.15. The van der Waals surface area contributed by atoms with Gasteiger partial charge in [0, 0.05) is 23.9 Å². The molecule has 1 aromatic carbocycles. The fourth-order valence-corrected chi connectivity index (χ4v) is 2.82. The minimum Gasteiger partial charge on any atom is -0.472 e. The molecule has 0 spiro atoms. The predicted octanol–water partition coefficient (Wildman–Crippen LogP) is 3.50. The van der Waals surface area contributed by atoms with Gasteiger partial charge in [-0.25, -0.2) is 17.8 Å². The van der Waals surface area contributed by atoms with Crippen LogP contribution < -0.4 is 5.32 Å². The van der Waals surface area contributed by atoms with Gasteiger partial charge in [-0.05, 0) is 30.3 Å². The molecule has 3 aromatic rings. The Balaban J connectivity index is 1.86. The molecule has 0 aliphatic carbocycles. The number of furan rings is 1. The van der Waals surface area contributed by atoms with E-state index in [4.69, 9.17) is 4.42 Å². The highest BCUT2D eigenvalue weighted by Gasteiger charge is 2.11. The zero-order chi connectivity index (χ0) is 17.2. The lowest BCUT2D eigenvalue weighted by Gasteiger charge is -2.08. The molecule has 7 heteroatoms. The molecule has 2 heterocycles. The van der Waals surface area contributed by atoms with E-state index in [2.05, 4.69) is 10.3 Å². The molecule has 2 aromatic heterocycles. The lowest BCUT2D eigenvalue weighted by atomic mass is 10.1. The normalized spacial score (nSPS) is 11.4. The number of nitrogens with one attached hydrogen (secondary N) is 1. The largest absolute Gasteiger partial charge is 0.472 e. The van der Waals surface area contributed by atoms with Crippen molar-refractivity contribution < 1.29 is 17.2 Å². The van der Waals surface area contributed by atoms with Gasteiger partial charge >= 0.3 is 0 Å². The Labute approximate surface area is 139 Å². The molecule has 1 N–H and O–H groups in total. The first-order valence-corrected chi connectivity index (χ1v) is 9.04. The van der Waals surface area contributed by atoms with Crippen LogP contribution in [0.25, 0.3) is 11.3 Å². The summed E-state index contributed by atoms with van der Waals surface area (Å²) in [7, 11) is -3.29. The van der Waals surface area contributed by atoms with E-state index in [1.807, 2.05) is 6.07 Å². The van der Waals surface area contributed by atoms with Crippen LogP contribution in [0.4, 0.5) is 10.2 Å². The van der Waals surface area contributed by atoms with Gasteiger partial charge in [0.05, 0.1) is 17.4 Å². The molecule has 24 heavy (non-hydrogen) atoms. The van der Waals surface area contributed by atoms with Gasteiger partial charge in [0.2, 0.25) is 0 Å². The minimum atomic E-state index is -3.29. The summed E-state index contributed by atoms with van der Waals surface area (Å²) in [6.07, 6.45) is 4.31. The van der Waals surface area contributed by atoms with Crippen LogP contribution in [0.2, 0.25) is 0 Å². The summed E-state index contributed by atoms with van der Waals surface area (Å²) in [6, 6.07) is 10.7. The van der Waals surface area contributed by atoms with Crippen molar-refractivity contribution in [3.63, 3.8) is 0 Å². The zero-order valence-corrected chi connectivity index (χ0v) is 13.7. The van der Waals surface area contributed by atoms with Crippen LogP contribution in [-0.4, -0.2) is 19.7 Å². The molecular formula is C17H15FN2O3S. The molecule has 0 aliphatic heterocycles. The first-order chi connectivity index (χ1) is 11.4. The fraction of sp³-hybridized carbons (Fsp3) is 0.118. The summed E-state index contributed by atoms with van der Waals surface area (Å²) in [6.45, 7) is 0.502. The van der Waals surface area contributed by atoms with Crippen LogP contribution in [0.5, 0.6) is 0 Å². The van der Waals surface area contributed by atoms with Crippen LogP contribution >= 0.6 is 0 Å². The molecule has 0 saturated heterocycles. The summed E-state index contributed by atoms with van der Waals surface area (Å²) in [5.41, 5.74) is 1.61. The molecule has 0 bridgehead atoms. The maximum atomic E-state index is 14.1. The van der Waals surface area contributed by atoms with Crippen LogP contribution in [0.1, 0.15) is 5.56 Å². The summed E-state index contributed by atoms with van der Waals surface area (Å²) in [5.74, 6) is 0.0377. The van der Waals surface area contributed by atoms with Gasteiger partial charge in [-0.1, -0.05) is 12.1 Å². The highest BCUT2D eigenvalue weighted by molar-refractivity contribution is 7.90. The van der Waals surface area contributed by atoms with Crippen molar-refractivity contribution in [1.29, 1.82) is 0 Å². The van der Waals surface area contributed by atoms with Crippen molar-refractivity contribution in [1.82, 2.24) is 4.98 Å². The summed E-state index contributed by atoms with van der Waals surface area (Å²) in [4.78, 5) is 4.45. The van der Waals surface area contributed by atoms with Crippen molar-refractivity contribution in [3.05, 3.63) is 66.4 Å². The highest BCUT2D eigenvalue weighted by atomic mass is 32.2. The van der Waals surface area contributed by atoms with E-state index in [0.29, 0.717) is 17.9 Å². The number of aromatic nitrogens is 1. The summed E-state index contributed by atoms with van der Waals surface area (Å²) >= 11 is 0. The second kappa shape index (κ2) is 6.45. The second-order valence-corrected chi connectivity index (χ2v) is 7.32. The molecule has 0 saturated carbocycles. The third kappa shape index (κ3) is 3.62. The Hall–Kier alpha value is -2.67. The number of anilines is 1. The van der Waals surface area contributed by atoms with E-state index in [0.717, 1.165) is 11.8 Å². The van der Waals surface area contributed by atoms with Crippen LogP contribution in [-0.2, 0) is 16.4 Å². The molecule has 0 fully saturated rings. The molecule has 3 rings (SSSR count). The summed E-state index contributed by atoms with van der Waals surface area (Å²) in [5, 5.41) is 3.09. The Kier molecular flexibility index (Phi) is 4.35. The van der Waals surface area contributed by atoms with Crippen LogP contribution in [0, 0.1) is 5.82 Å². The maximum Gasteiger partial charge on any atom is 0.175 e. The zero-order valence-electron chi connectivity index (χ0n) is 12.9. The molecule has 5 nitrogen and oxygen atoms in total. The lowest BCUT2D eigenvalue weighted by molar-refractivity contribution is 0.564. The average Bonchev–Trinajstić information content (AvgIpc) is 3.07. The molecule has 0 aliphatic rings. The van der Waals surface area contributed by atoms with E-state index < -0.39 is 15.7 Å². The fourth-order valence-electron chi connectivity index (χ4n) is 2.19. The Bertz CT molecular complexity index is 936. The molecule has 124 valence electrons.